The van der Waals surface area contributed by atoms with Gasteiger partial charge in [0.25, 0.3) is 0 Å². The predicted molar refractivity (Wildman–Crippen MR) is 97.1 cm³/mol. The second-order valence-electron chi connectivity index (χ2n) is 5.43. The highest BCUT2D eigenvalue weighted by molar-refractivity contribution is 5.79. The van der Waals surface area contributed by atoms with E-state index in [0.717, 1.165) is 45.2 Å². The van der Waals surface area contributed by atoms with Gasteiger partial charge in [-0.2, -0.15) is 5.10 Å². The number of aromatic nitrogens is 2. The van der Waals surface area contributed by atoms with Gasteiger partial charge in [-0.25, -0.2) is 0 Å². The molecule has 0 saturated carbocycles. The van der Waals surface area contributed by atoms with E-state index < -0.39 is 0 Å². The normalized spacial score (nSPS) is 11.5. The van der Waals surface area contributed by atoms with Gasteiger partial charge in [0.05, 0.1) is 6.54 Å². The number of nitrogens with one attached hydrogen (secondary N) is 2. The van der Waals surface area contributed by atoms with Crippen molar-refractivity contribution < 1.29 is 4.74 Å². The van der Waals surface area contributed by atoms with Crippen LogP contribution in [0.25, 0.3) is 0 Å². The number of hydrogen-bond donors (Lipinski definition) is 2. The van der Waals surface area contributed by atoms with Crippen molar-refractivity contribution in [1.82, 2.24) is 20.4 Å². The van der Waals surface area contributed by atoms with Crippen molar-refractivity contribution >= 4 is 5.96 Å². The van der Waals surface area contributed by atoms with Crippen molar-refractivity contribution in [2.75, 3.05) is 26.8 Å². The van der Waals surface area contributed by atoms with Crippen LogP contribution in [0.5, 0.6) is 0 Å². The average Bonchev–Trinajstić information content (AvgIpc) is 3.11. The highest BCUT2D eigenvalue weighted by Crippen LogP contribution is 2.06. The van der Waals surface area contributed by atoms with Crippen LogP contribution in [0.1, 0.15) is 24.5 Å². The molecule has 0 spiro atoms. The van der Waals surface area contributed by atoms with E-state index in [1.54, 1.807) is 13.2 Å². The summed E-state index contributed by atoms with van der Waals surface area (Å²) in [6.07, 6.45) is 4.74. The molecule has 6 heteroatoms. The fourth-order valence-corrected chi connectivity index (χ4v) is 2.35. The minimum atomic E-state index is 0.734. The van der Waals surface area contributed by atoms with Crippen LogP contribution in [0.15, 0.2) is 47.7 Å². The highest BCUT2D eigenvalue weighted by Gasteiger charge is 2.00. The maximum absolute atomic E-state index is 5.33. The maximum Gasteiger partial charge on any atom is 0.191 e. The molecule has 24 heavy (non-hydrogen) atoms. The van der Waals surface area contributed by atoms with Gasteiger partial charge in [-0.1, -0.05) is 24.3 Å². The van der Waals surface area contributed by atoms with Gasteiger partial charge in [-0.05, 0) is 30.5 Å². The molecule has 0 saturated heterocycles. The number of hydrogen-bond acceptors (Lipinski definition) is 3. The zero-order valence-electron chi connectivity index (χ0n) is 14.5. The summed E-state index contributed by atoms with van der Waals surface area (Å²) >= 11 is 0. The molecule has 0 amide bonds. The SMILES string of the molecule is CCOCCCNC(=NC)NCc1cccc(Cn2cccn2)c1. The zero-order chi connectivity index (χ0) is 17.0. The number of guanidine groups is 1. The van der Waals surface area contributed by atoms with Crippen molar-refractivity contribution in [3.8, 4) is 0 Å². The smallest absolute Gasteiger partial charge is 0.191 e. The molecule has 0 bridgehead atoms. The lowest BCUT2D eigenvalue weighted by Crippen LogP contribution is -2.37. The van der Waals surface area contributed by atoms with Gasteiger partial charge in [0.2, 0.25) is 0 Å². The second-order valence-corrected chi connectivity index (χ2v) is 5.43. The minimum absolute atomic E-state index is 0.734. The Hall–Kier alpha value is -2.34. The Bertz CT molecular complexity index is 610. The van der Waals surface area contributed by atoms with Gasteiger partial charge in [0.15, 0.2) is 5.96 Å². The van der Waals surface area contributed by atoms with Crippen LogP contribution in [0, 0.1) is 0 Å². The number of ether oxygens (including phenoxy) is 1. The van der Waals surface area contributed by atoms with Crippen molar-refractivity contribution in [3.63, 3.8) is 0 Å². The molecular formula is C18H27N5O. The quantitative estimate of drug-likeness (QED) is 0.420. The first-order valence-corrected chi connectivity index (χ1v) is 8.39. The molecule has 0 radical (unpaired) electrons. The number of rotatable bonds is 9. The van der Waals surface area contributed by atoms with E-state index in [0.29, 0.717) is 0 Å². The summed E-state index contributed by atoms with van der Waals surface area (Å²) in [6.45, 7) is 5.91. The minimum Gasteiger partial charge on any atom is -0.382 e. The van der Waals surface area contributed by atoms with Crippen molar-refractivity contribution in [2.45, 2.75) is 26.4 Å². The standard InChI is InChI=1S/C18H27N5O/c1-3-24-12-6-9-20-18(19-2)21-14-16-7-4-8-17(13-16)15-23-11-5-10-22-23/h4-5,7-8,10-11,13H,3,6,9,12,14-15H2,1-2H3,(H2,19,20,21). The third-order valence-corrected chi connectivity index (χ3v) is 3.54. The Balaban J connectivity index is 1.78. The molecule has 2 aromatic rings. The topological polar surface area (TPSA) is 63.5 Å². The van der Waals surface area contributed by atoms with Crippen molar-refractivity contribution in [3.05, 3.63) is 53.9 Å². The van der Waals surface area contributed by atoms with Crippen LogP contribution < -0.4 is 10.6 Å². The molecule has 2 N–H and O–H groups in total. The summed E-state index contributed by atoms with van der Waals surface area (Å²) < 4.78 is 7.25. The molecule has 6 nitrogen and oxygen atoms in total. The second kappa shape index (κ2) is 10.4. The van der Waals surface area contributed by atoms with Crippen LogP contribution in [-0.2, 0) is 17.8 Å². The van der Waals surface area contributed by atoms with Crippen LogP contribution >= 0.6 is 0 Å². The number of nitrogens with zero attached hydrogens (tertiary/aromatic N) is 3. The highest BCUT2D eigenvalue weighted by atomic mass is 16.5. The Morgan fingerprint density at radius 3 is 2.88 bits per heavy atom. The van der Waals surface area contributed by atoms with Gasteiger partial charge >= 0.3 is 0 Å². The van der Waals surface area contributed by atoms with Gasteiger partial charge in [0.1, 0.15) is 0 Å². The monoisotopic (exact) mass is 329 g/mol. The van der Waals surface area contributed by atoms with Crippen molar-refractivity contribution in [1.29, 1.82) is 0 Å². The molecule has 0 aliphatic heterocycles. The fraction of sp³-hybridized carbons (Fsp3) is 0.444. The molecule has 0 fully saturated rings. The van der Waals surface area contributed by atoms with E-state index in [9.17, 15) is 0 Å². The van der Waals surface area contributed by atoms with Crippen LogP contribution in [0.2, 0.25) is 0 Å². The number of benzene rings is 1. The first-order valence-electron chi connectivity index (χ1n) is 8.39. The molecule has 1 heterocycles. The summed E-state index contributed by atoms with van der Waals surface area (Å²) in [5.74, 6) is 0.809. The first kappa shape index (κ1) is 18.0. The molecule has 0 aliphatic carbocycles. The van der Waals surface area contributed by atoms with Crippen LogP contribution in [0.3, 0.4) is 0 Å². The molecule has 0 aliphatic rings. The molecule has 1 aromatic carbocycles. The molecular weight excluding hydrogens is 302 g/mol. The summed E-state index contributed by atoms with van der Waals surface area (Å²) in [5, 5.41) is 10.9. The molecule has 130 valence electrons. The number of aliphatic imine (C=N–C) groups is 1. The van der Waals surface area contributed by atoms with Gasteiger partial charge in [-0.15, -0.1) is 0 Å². The molecule has 1 aromatic heterocycles. The summed E-state index contributed by atoms with van der Waals surface area (Å²) in [4.78, 5) is 4.24. The lowest BCUT2D eigenvalue weighted by Gasteiger charge is -2.12. The van der Waals surface area contributed by atoms with E-state index in [1.165, 1.54) is 11.1 Å². The van der Waals surface area contributed by atoms with Crippen LogP contribution in [0.4, 0.5) is 0 Å². The maximum atomic E-state index is 5.33. The first-order chi connectivity index (χ1) is 11.8. The Morgan fingerprint density at radius 2 is 2.12 bits per heavy atom. The third kappa shape index (κ3) is 6.42. The Labute approximate surface area is 143 Å². The third-order valence-electron chi connectivity index (χ3n) is 3.54. The molecule has 2 rings (SSSR count). The summed E-state index contributed by atoms with van der Waals surface area (Å²) in [6, 6.07) is 10.4. The lowest BCUT2D eigenvalue weighted by atomic mass is 10.1. The fourth-order valence-electron chi connectivity index (χ4n) is 2.35. The molecule has 0 atom stereocenters. The lowest BCUT2D eigenvalue weighted by molar-refractivity contribution is 0.145. The Kier molecular flexibility index (Phi) is 7.83. The largest absolute Gasteiger partial charge is 0.382 e. The van der Waals surface area contributed by atoms with Gasteiger partial charge in [0, 0.05) is 45.7 Å². The summed E-state index contributed by atoms with van der Waals surface area (Å²) in [7, 11) is 1.78. The predicted octanol–water partition coefficient (Wildman–Crippen LogP) is 2.02. The van der Waals surface area contributed by atoms with E-state index in [1.807, 2.05) is 23.9 Å². The van der Waals surface area contributed by atoms with Gasteiger partial charge < -0.3 is 15.4 Å². The van der Waals surface area contributed by atoms with Crippen LogP contribution in [-0.4, -0.2) is 42.5 Å². The van der Waals surface area contributed by atoms with E-state index >= 15 is 0 Å². The summed E-state index contributed by atoms with van der Waals surface area (Å²) in [5.41, 5.74) is 2.45. The zero-order valence-corrected chi connectivity index (χ0v) is 14.5. The molecule has 0 unspecified atom stereocenters. The van der Waals surface area contributed by atoms with E-state index in [4.69, 9.17) is 4.74 Å². The van der Waals surface area contributed by atoms with E-state index in [-0.39, 0.29) is 0 Å². The van der Waals surface area contributed by atoms with Gasteiger partial charge in [-0.3, -0.25) is 9.67 Å². The average molecular weight is 329 g/mol. The van der Waals surface area contributed by atoms with Crippen molar-refractivity contribution in [2.24, 2.45) is 4.99 Å². The Morgan fingerprint density at radius 1 is 1.25 bits per heavy atom. The van der Waals surface area contributed by atoms with E-state index in [2.05, 4.69) is 45.0 Å².